The van der Waals surface area contributed by atoms with E-state index in [0.29, 0.717) is 5.05 Å². The topological polar surface area (TPSA) is 47.6 Å². The van der Waals surface area contributed by atoms with Crippen LogP contribution < -0.4 is 5.32 Å². The number of thiocarbonyl (C=S) groups is 1. The summed E-state index contributed by atoms with van der Waals surface area (Å²) in [6, 6.07) is 0.175. The van der Waals surface area contributed by atoms with Crippen LogP contribution in [0.25, 0.3) is 0 Å². The Hall–Kier alpha value is -0.840. The van der Waals surface area contributed by atoms with Crippen LogP contribution in [0.2, 0.25) is 0 Å². The number of hydrogen-bond donors (Lipinski definition) is 1. The Morgan fingerprint density at radius 1 is 1.21 bits per heavy atom. The van der Waals surface area contributed by atoms with E-state index in [2.05, 4.69) is 5.32 Å². The highest BCUT2D eigenvalue weighted by Gasteiger charge is 2.23. The molecule has 1 rings (SSSR count). The summed E-state index contributed by atoms with van der Waals surface area (Å²) in [4.78, 5) is 11.7. The van der Waals surface area contributed by atoms with Crippen LogP contribution in [-0.2, 0) is 9.47 Å². The molecular weight excluding hydrogens is 262 g/mol. The van der Waals surface area contributed by atoms with Crippen molar-refractivity contribution < 1.29 is 14.3 Å². The number of rotatable bonds is 2. The van der Waals surface area contributed by atoms with Gasteiger partial charge in [0.05, 0.1) is 6.10 Å². The van der Waals surface area contributed by atoms with Gasteiger partial charge >= 0.3 is 6.09 Å². The number of carbonyl (C=O) groups excluding carboxylic acids is 1. The van der Waals surface area contributed by atoms with Crippen molar-refractivity contribution in [3.8, 4) is 0 Å². The number of carbonyl (C=O) groups is 1. The largest absolute Gasteiger partial charge is 0.484 e. The van der Waals surface area contributed by atoms with E-state index in [1.165, 1.54) is 0 Å². The summed E-state index contributed by atoms with van der Waals surface area (Å²) in [6.45, 7) is 7.40. The minimum absolute atomic E-state index is 0.175. The van der Waals surface area contributed by atoms with E-state index in [9.17, 15) is 4.79 Å². The second-order valence-corrected chi connectivity index (χ2v) is 6.66. The minimum atomic E-state index is -0.450. The molecule has 5 heteroatoms. The highest BCUT2D eigenvalue weighted by atomic mass is 32.1. The first-order valence-electron chi connectivity index (χ1n) is 6.93. The first-order chi connectivity index (χ1) is 8.76. The van der Waals surface area contributed by atoms with Crippen LogP contribution in [0.5, 0.6) is 0 Å². The lowest BCUT2D eigenvalue weighted by atomic mass is 10.1. The van der Waals surface area contributed by atoms with Gasteiger partial charge in [-0.2, -0.15) is 0 Å². The predicted octanol–water partition coefficient (Wildman–Crippen LogP) is 3.58. The maximum atomic E-state index is 11.7. The summed E-state index contributed by atoms with van der Waals surface area (Å²) in [5.41, 5.74) is -0.450. The molecule has 1 N–H and O–H groups in total. The third kappa shape index (κ3) is 7.35. The lowest BCUT2D eigenvalue weighted by molar-refractivity contribution is 0.0498. The van der Waals surface area contributed by atoms with Crippen molar-refractivity contribution in [2.45, 2.75) is 77.5 Å². The molecule has 110 valence electrons. The molecule has 1 aliphatic rings. The van der Waals surface area contributed by atoms with Gasteiger partial charge in [-0.3, -0.25) is 0 Å². The van der Waals surface area contributed by atoms with Crippen molar-refractivity contribution >= 4 is 23.4 Å². The summed E-state index contributed by atoms with van der Waals surface area (Å²) < 4.78 is 10.9. The summed E-state index contributed by atoms with van der Waals surface area (Å²) in [5, 5.41) is 3.54. The van der Waals surface area contributed by atoms with Crippen LogP contribution >= 0.6 is 12.2 Å². The monoisotopic (exact) mass is 287 g/mol. The fraction of sp³-hybridized carbons (Fsp3) is 0.857. The standard InChI is InChI=1S/C14H25NO3S/c1-10(19)17-12-7-5-6-11(8-9-12)15-13(16)18-14(2,3)4/h11-12H,5-9H2,1-4H3,(H,15,16). The van der Waals surface area contributed by atoms with Gasteiger partial charge < -0.3 is 14.8 Å². The second-order valence-electron chi connectivity index (χ2n) is 6.08. The maximum Gasteiger partial charge on any atom is 0.407 e. The molecule has 0 aromatic heterocycles. The lowest BCUT2D eigenvalue weighted by Crippen LogP contribution is -2.39. The quantitative estimate of drug-likeness (QED) is 0.623. The first kappa shape index (κ1) is 16.2. The van der Waals surface area contributed by atoms with Crippen molar-refractivity contribution in [1.82, 2.24) is 5.32 Å². The second kappa shape index (κ2) is 7.08. The molecule has 0 radical (unpaired) electrons. The summed E-state index contributed by atoms with van der Waals surface area (Å²) >= 11 is 4.97. The minimum Gasteiger partial charge on any atom is -0.484 e. The molecule has 0 aromatic rings. The Kier molecular flexibility index (Phi) is 6.04. The van der Waals surface area contributed by atoms with E-state index in [-0.39, 0.29) is 18.2 Å². The Bertz CT molecular complexity index is 325. The zero-order valence-corrected chi connectivity index (χ0v) is 13.1. The molecule has 0 saturated heterocycles. The van der Waals surface area contributed by atoms with Crippen molar-refractivity contribution in [2.24, 2.45) is 0 Å². The molecule has 1 aliphatic carbocycles. The third-order valence-corrected chi connectivity index (χ3v) is 3.07. The number of hydrogen-bond acceptors (Lipinski definition) is 4. The Morgan fingerprint density at radius 3 is 2.47 bits per heavy atom. The zero-order valence-electron chi connectivity index (χ0n) is 12.3. The van der Waals surface area contributed by atoms with E-state index in [4.69, 9.17) is 21.7 Å². The van der Waals surface area contributed by atoms with E-state index in [1.54, 1.807) is 6.92 Å². The van der Waals surface area contributed by atoms with E-state index >= 15 is 0 Å². The molecule has 19 heavy (non-hydrogen) atoms. The molecule has 0 spiro atoms. The molecule has 0 aromatic carbocycles. The fourth-order valence-corrected chi connectivity index (χ4v) is 2.37. The van der Waals surface area contributed by atoms with Crippen molar-refractivity contribution in [3.05, 3.63) is 0 Å². The lowest BCUT2D eigenvalue weighted by Gasteiger charge is -2.23. The van der Waals surface area contributed by atoms with E-state index in [0.717, 1.165) is 32.1 Å². The molecule has 0 bridgehead atoms. The van der Waals surface area contributed by atoms with Gasteiger partial charge in [0.15, 0.2) is 5.05 Å². The maximum absolute atomic E-state index is 11.7. The molecule has 0 heterocycles. The SMILES string of the molecule is CC(=S)OC1CCCC(NC(=O)OC(C)(C)C)CC1. The summed E-state index contributed by atoms with van der Waals surface area (Å²) in [6.07, 6.45) is 4.70. The predicted molar refractivity (Wildman–Crippen MR) is 79.4 cm³/mol. The van der Waals surface area contributed by atoms with Crippen LogP contribution in [0, 0.1) is 0 Å². The van der Waals surface area contributed by atoms with Crippen LogP contribution in [0.15, 0.2) is 0 Å². The van der Waals surface area contributed by atoms with Crippen molar-refractivity contribution in [3.63, 3.8) is 0 Å². The third-order valence-electron chi connectivity index (χ3n) is 2.97. The van der Waals surface area contributed by atoms with Gasteiger partial charge in [-0.05, 0) is 65.1 Å². The highest BCUT2D eigenvalue weighted by molar-refractivity contribution is 7.80. The highest BCUT2D eigenvalue weighted by Crippen LogP contribution is 2.21. The van der Waals surface area contributed by atoms with Gasteiger partial charge in [0.1, 0.15) is 5.60 Å². The van der Waals surface area contributed by atoms with Crippen LogP contribution in [0.4, 0.5) is 4.79 Å². The number of amides is 1. The molecule has 1 saturated carbocycles. The van der Waals surface area contributed by atoms with Gasteiger partial charge in [-0.15, -0.1) is 0 Å². The zero-order chi connectivity index (χ0) is 14.5. The van der Waals surface area contributed by atoms with E-state index in [1.807, 2.05) is 20.8 Å². The molecule has 1 amide bonds. The van der Waals surface area contributed by atoms with Crippen LogP contribution in [0.3, 0.4) is 0 Å². The Labute approximate surface area is 121 Å². The van der Waals surface area contributed by atoms with Crippen LogP contribution in [-0.4, -0.2) is 28.9 Å². The molecular formula is C14H25NO3S. The summed E-state index contributed by atoms with van der Waals surface area (Å²) in [5.74, 6) is 0. The normalized spacial score (nSPS) is 24.2. The van der Waals surface area contributed by atoms with Gasteiger partial charge in [0.2, 0.25) is 0 Å². The average Bonchev–Trinajstić information content (AvgIpc) is 2.40. The molecule has 2 unspecified atom stereocenters. The van der Waals surface area contributed by atoms with Gasteiger partial charge in [0.25, 0.3) is 0 Å². The summed E-state index contributed by atoms with van der Waals surface area (Å²) in [7, 11) is 0. The molecule has 0 aliphatic heterocycles. The Morgan fingerprint density at radius 2 is 1.89 bits per heavy atom. The van der Waals surface area contributed by atoms with Crippen molar-refractivity contribution in [2.75, 3.05) is 0 Å². The van der Waals surface area contributed by atoms with Crippen LogP contribution in [0.1, 0.15) is 59.8 Å². The van der Waals surface area contributed by atoms with Gasteiger partial charge in [-0.1, -0.05) is 0 Å². The van der Waals surface area contributed by atoms with E-state index < -0.39 is 5.60 Å². The Balaban J connectivity index is 2.36. The van der Waals surface area contributed by atoms with Crippen molar-refractivity contribution in [1.29, 1.82) is 0 Å². The van der Waals surface area contributed by atoms with Gasteiger partial charge in [0, 0.05) is 13.0 Å². The molecule has 4 nitrogen and oxygen atoms in total. The number of alkyl carbamates (subject to hydrolysis) is 1. The smallest absolute Gasteiger partial charge is 0.407 e. The van der Waals surface area contributed by atoms with Gasteiger partial charge in [-0.25, -0.2) is 4.79 Å². The molecule has 2 atom stereocenters. The number of nitrogens with one attached hydrogen (secondary N) is 1. The molecule has 1 fully saturated rings. The first-order valence-corrected chi connectivity index (χ1v) is 7.34. The average molecular weight is 287 g/mol. The number of ether oxygens (including phenoxy) is 2. The fourth-order valence-electron chi connectivity index (χ4n) is 2.24.